The quantitative estimate of drug-likeness (QED) is 0.515. The Morgan fingerprint density at radius 3 is 2.74 bits per heavy atom. The third-order valence-electron chi connectivity index (χ3n) is 4.42. The zero-order chi connectivity index (χ0) is 18.8. The summed E-state index contributed by atoms with van der Waals surface area (Å²) >= 11 is 6.83. The minimum Gasteiger partial charge on any atom is -0.337 e. The lowest BCUT2D eigenvalue weighted by atomic mass is 10.2. The first-order valence-electron chi connectivity index (χ1n) is 8.53. The fourth-order valence-corrected chi connectivity index (χ4v) is 3.78. The average molecular weight is 492 g/mol. The van der Waals surface area contributed by atoms with E-state index in [0.717, 1.165) is 33.0 Å². The molecule has 0 radical (unpaired) electrons. The van der Waals surface area contributed by atoms with Gasteiger partial charge in [0.1, 0.15) is 6.04 Å². The fraction of sp³-hybridized carbons (Fsp3) is 0.211. The van der Waals surface area contributed by atoms with E-state index in [9.17, 15) is 4.79 Å². The maximum absolute atomic E-state index is 12.7. The van der Waals surface area contributed by atoms with E-state index in [-0.39, 0.29) is 12.1 Å². The van der Waals surface area contributed by atoms with E-state index in [1.165, 1.54) is 0 Å². The maximum Gasteiger partial charge on any atom is 0.322 e. The Kier molecular flexibility index (Phi) is 5.27. The summed E-state index contributed by atoms with van der Waals surface area (Å²) in [5.41, 5.74) is 1.61. The first-order chi connectivity index (χ1) is 13.1. The molecule has 6 nitrogen and oxygen atoms in total. The van der Waals surface area contributed by atoms with Crippen LogP contribution in [0.4, 0.5) is 10.5 Å². The second-order valence-corrected chi connectivity index (χ2v) is 8.09. The van der Waals surface area contributed by atoms with Crippen molar-refractivity contribution in [2.75, 3.05) is 11.9 Å². The van der Waals surface area contributed by atoms with E-state index >= 15 is 0 Å². The van der Waals surface area contributed by atoms with Gasteiger partial charge >= 0.3 is 6.03 Å². The number of halogens is 2. The number of nitrogens with one attached hydrogen (secondary N) is 1. The summed E-state index contributed by atoms with van der Waals surface area (Å²) in [5.74, 6) is 0.992. The average Bonchev–Trinajstić information content (AvgIpc) is 3.31. The van der Waals surface area contributed by atoms with Crippen molar-refractivity contribution >= 4 is 43.6 Å². The fourth-order valence-electron chi connectivity index (χ4n) is 3.11. The highest BCUT2D eigenvalue weighted by Gasteiger charge is 2.34. The molecule has 138 valence electrons. The molecular formula is C19H16Br2N4O2. The molecule has 8 heteroatoms. The largest absolute Gasteiger partial charge is 0.337 e. The summed E-state index contributed by atoms with van der Waals surface area (Å²) in [5, 5.41) is 7.02. The van der Waals surface area contributed by atoms with Crippen molar-refractivity contribution < 1.29 is 9.32 Å². The number of rotatable bonds is 3. The lowest BCUT2D eigenvalue weighted by Crippen LogP contribution is -2.34. The SMILES string of the molecule is O=C(Nc1cccc(Br)c1)N1CCCC1c1nc(-c2ccc(Br)cc2)no1. The number of carbonyl (C=O) groups excluding carboxylic acids is 1. The number of hydrogen-bond acceptors (Lipinski definition) is 4. The van der Waals surface area contributed by atoms with Gasteiger partial charge in [-0.15, -0.1) is 0 Å². The standard InChI is InChI=1S/C19H16Br2N4O2/c20-13-8-6-12(7-9-13)17-23-18(27-24-17)16-5-2-10-25(16)19(26)22-15-4-1-3-14(21)11-15/h1,3-4,6-9,11,16H,2,5,10H2,(H,22,26). The number of carbonyl (C=O) groups is 1. The third kappa shape index (κ3) is 4.06. The molecule has 1 aliphatic heterocycles. The molecule has 4 rings (SSSR count). The molecule has 0 aliphatic carbocycles. The van der Waals surface area contributed by atoms with Gasteiger partial charge in [0, 0.05) is 26.7 Å². The molecule has 1 saturated heterocycles. The Bertz CT molecular complexity index is 958. The normalized spacial score (nSPS) is 16.5. The van der Waals surface area contributed by atoms with Crippen LogP contribution in [0.3, 0.4) is 0 Å². The summed E-state index contributed by atoms with van der Waals surface area (Å²) in [4.78, 5) is 19.0. The van der Waals surface area contributed by atoms with Gasteiger partial charge in [-0.1, -0.05) is 43.1 Å². The van der Waals surface area contributed by atoms with Crippen LogP contribution in [-0.4, -0.2) is 27.6 Å². The number of anilines is 1. The van der Waals surface area contributed by atoms with E-state index in [1.54, 1.807) is 4.90 Å². The van der Waals surface area contributed by atoms with Gasteiger partial charge < -0.3 is 14.7 Å². The molecule has 2 aromatic carbocycles. The van der Waals surface area contributed by atoms with E-state index < -0.39 is 0 Å². The highest BCUT2D eigenvalue weighted by atomic mass is 79.9. The molecule has 1 atom stereocenters. The second-order valence-electron chi connectivity index (χ2n) is 6.26. The lowest BCUT2D eigenvalue weighted by Gasteiger charge is -2.22. The van der Waals surface area contributed by atoms with E-state index in [4.69, 9.17) is 4.52 Å². The number of urea groups is 1. The Morgan fingerprint density at radius 1 is 1.15 bits per heavy atom. The van der Waals surface area contributed by atoms with Gasteiger partial charge in [-0.3, -0.25) is 0 Å². The van der Waals surface area contributed by atoms with Crippen LogP contribution in [0.2, 0.25) is 0 Å². The number of benzene rings is 2. The van der Waals surface area contributed by atoms with Gasteiger partial charge in [0.05, 0.1) is 0 Å². The van der Waals surface area contributed by atoms with Gasteiger partial charge in [0.25, 0.3) is 0 Å². The Labute approximate surface area is 173 Å². The minimum absolute atomic E-state index is 0.168. The van der Waals surface area contributed by atoms with Gasteiger partial charge in [-0.25, -0.2) is 4.79 Å². The summed E-state index contributed by atoms with van der Waals surface area (Å²) in [6.07, 6.45) is 1.69. The molecule has 2 amide bonds. The molecular weight excluding hydrogens is 476 g/mol. The topological polar surface area (TPSA) is 71.3 Å². The van der Waals surface area contributed by atoms with Gasteiger partial charge in [-0.05, 0) is 55.3 Å². The number of aromatic nitrogens is 2. The van der Waals surface area contributed by atoms with Crippen molar-refractivity contribution in [2.24, 2.45) is 0 Å². The maximum atomic E-state index is 12.7. The molecule has 0 bridgehead atoms. The van der Waals surface area contributed by atoms with Gasteiger partial charge in [0.2, 0.25) is 11.7 Å². The Balaban J connectivity index is 1.51. The lowest BCUT2D eigenvalue weighted by molar-refractivity contribution is 0.193. The van der Waals surface area contributed by atoms with Gasteiger partial charge in [0.15, 0.2) is 0 Å². The van der Waals surface area contributed by atoms with Crippen molar-refractivity contribution in [3.05, 3.63) is 63.4 Å². The van der Waals surface area contributed by atoms with Crippen molar-refractivity contribution in [1.29, 1.82) is 0 Å². The molecule has 0 spiro atoms. The van der Waals surface area contributed by atoms with Crippen LogP contribution in [0.25, 0.3) is 11.4 Å². The Hall–Kier alpha value is -2.19. The summed E-state index contributed by atoms with van der Waals surface area (Å²) in [6.45, 7) is 0.653. The van der Waals surface area contributed by atoms with Crippen LogP contribution in [0.1, 0.15) is 24.8 Å². The number of hydrogen-bond donors (Lipinski definition) is 1. The first-order valence-corrected chi connectivity index (χ1v) is 10.1. The van der Waals surface area contributed by atoms with Crippen molar-refractivity contribution in [2.45, 2.75) is 18.9 Å². The van der Waals surface area contributed by atoms with Crippen LogP contribution in [0.15, 0.2) is 62.0 Å². The summed E-state index contributed by atoms with van der Waals surface area (Å²) in [7, 11) is 0. The Morgan fingerprint density at radius 2 is 1.96 bits per heavy atom. The van der Waals surface area contributed by atoms with Crippen LogP contribution >= 0.6 is 31.9 Å². The molecule has 1 aromatic heterocycles. The highest BCUT2D eigenvalue weighted by molar-refractivity contribution is 9.10. The van der Waals surface area contributed by atoms with Crippen LogP contribution in [0, 0.1) is 0 Å². The highest BCUT2D eigenvalue weighted by Crippen LogP contribution is 2.32. The molecule has 1 N–H and O–H groups in total. The third-order valence-corrected chi connectivity index (χ3v) is 5.44. The van der Waals surface area contributed by atoms with Crippen LogP contribution in [-0.2, 0) is 0 Å². The number of likely N-dealkylation sites (tertiary alicyclic amines) is 1. The smallest absolute Gasteiger partial charge is 0.322 e. The second kappa shape index (κ2) is 7.82. The monoisotopic (exact) mass is 490 g/mol. The van der Waals surface area contributed by atoms with Gasteiger partial charge in [-0.2, -0.15) is 4.98 Å². The van der Waals surface area contributed by atoms with Crippen molar-refractivity contribution in [3.8, 4) is 11.4 Å². The molecule has 1 aliphatic rings. The van der Waals surface area contributed by atoms with Crippen LogP contribution in [0.5, 0.6) is 0 Å². The van der Waals surface area contributed by atoms with Crippen LogP contribution < -0.4 is 5.32 Å². The zero-order valence-electron chi connectivity index (χ0n) is 14.2. The van der Waals surface area contributed by atoms with E-state index in [1.807, 2.05) is 48.5 Å². The van der Waals surface area contributed by atoms with E-state index in [0.29, 0.717) is 18.3 Å². The van der Waals surface area contributed by atoms with Crippen molar-refractivity contribution in [3.63, 3.8) is 0 Å². The van der Waals surface area contributed by atoms with E-state index in [2.05, 4.69) is 47.3 Å². The molecule has 1 unspecified atom stereocenters. The zero-order valence-corrected chi connectivity index (χ0v) is 17.4. The predicted octanol–water partition coefficient (Wildman–Crippen LogP) is 5.63. The molecule has 2 heterocycles. The molecule has 27 heavy (non-hydrogen) atoms. The molecule has 0 saturated carbocycles. The molecule has 1 fully saturated rings. The molecule has 3 aromatic rings. The summed E-state index contributed by atoms with van der Waals surface area (Å²) in [6, 6.07) is 14.8. The minimum atomic E-state index is -0.214. The number of amides is 2. The van der Waals surface area contributed by atoms with Crippen molar-refractivity contribution in [1.82, 2.24) is 15.0 Å². The number of nitrogens with zero attached hydrogens (tertiary/aromatic N) is 3. The summed E-state index contributed by atoms with van der Waals surface area (Å²) < 4.78 is 7.38. The first kappa shape index (κ1) is 18.2. The predicted molar refractivity (Wildman–Crippen MR) is 109 cm³/mol.